The second-order valence-corrected chi connectivity index (χ2v) is 5.06. The van der Waals surface area contributed by atoms with Crippen molar-refractivity contribution in [3.63, 3.8) is 0 Å². The molecule has 0 bridgehead atoms. The first kappa shape index (κ1) is 12.5. The largest absolute Gasteiger partial charge is 0.307 e. The van der Waals surface area contributed by atoms with E-state index in [1.54, 1.807) is 16.8 Å². The Labute approximate surface area is 114 Å². The molecule has 0 aliphatic heterocycles. The van der Waals surface area contributed by atoms with Crippen molar-refractivity contribution >= 4 is 11.6 Å². The Balaban J connectivity index is 1.71. The van der Waals surface area contributed by atoms with E-state index in [1.807, 2.05) is 0 Å². The van der Waals surface area contributed by atoms with Gasteiger partial charge in [0.05, 0.1) is 18.1 Å². The van der Waals surface area contributed by atoms with E-state index in [4.69, 9.17) is 11.6 Å². The highest BCUT2D eigenvalue weighted by molar-refractivity contribution is 6.30. The first-order valence-electron chi connectivity index (χ1n) is 6.15. The first-order valence-corrected chi connectivity index (χ1v) is 6.52. The van der Waals surface area contributed by atoms with Crippen LogP contribution in [0.3, 0.4) is 0 Å². The quantitative estimate of drug-likeness (QED) is 0.907. The molecule has 1 aliphatic rings. The molecule has 0 amide bonds. The van der Waals surface area contributed by atoms with Crippen LogP contribution in [0.25, 0.3) is 0 Å². The molecular formula is C12H13ClFN5. The third-order valence-corrected chi connectivity index (χ3v) is 3.34. The topological polar surface area (TPSA) is 55.6 Å². The van der Waals surface area contributed by atoms with E-state index in [0.717, 1.165) is 11.4 Å². The third-order valence-electron chi connectivity index (χ3n) is 3.05. The fourth-order valence-electron chi connectivity index (χ4n) is 1.81. The number of benzene rings is 1. The Morgan fingerprint density at radius 2 is 2.26 bits per heavy atom. The van der Waals surface area contributed by atoms with Gasteiger partial charge in [-0.1, -0.05) is 17.7 Å². The van der Waals surface area contributed by atoms with Gasteiger partial charge in [0.2, 0.25) is 0 Å². The van der Waals surface area contributed by atoms with Crippen LogP contribution in [0.15, 0.2) is 18.2 Å². The van der Waals surface area contributed by atoms with Crippen molar-refractivity contribution in [3.8, 4) is 0 Å². The molecule has 1 N–H and O–H groups in total. The number of nitrogens with zero attached hydrogens (tertiary/aromatic N) is 4. The molecule has 1 saturated carbocycles. The van der Waals surface area contributed by atoms with Gasteiger partial charge in [0, 0.05) is 6.04 Å². The van der Waals surface area contributed by atoms with Crippen molar-refractivity contribution in [3.05, 3.63) is 40.4 Å². The van der Waals surface area contributed by atoms with Crippen molar-refractivity contribution in [1.29, 1.82) is 0 Å². The average molecular weight is 282 g/mol. The molecule has 100 valence electrons. The molecule has 1 aromatic carbocycles. The zero-order chi connectivity index (χ0) is 13.2. The maximum absolute atomic E-state index is 13.1. The highest BCUT2D eigenvalue weighted by atomic mass is 35.5. The van der Waals surface area contributed by atoms with Gasteiger partial charge in [-0.05, 0) is 41.0 Å². The van der Waals surface area contributed by atoms with Crippen LogP contribution in [0.2, 0.25) is 5.02 Å². The van der Waals surface area contributed by atoms with Crippen LogP contribution in [0.4, 0.5) is 4.39 Å². The van der Waals surface area contributed by atoms with Gasteiger partial charge in [-0.15, -0.1) is 5.10 Å². The van der Waals surface area contributed by atoms with Gasteiger partial charge in [-0.25, -0.2) is 9.07 Å². The maximum atomic E-state index is 13.1. The lowest BCUT2D eigenvalue weighted by molar-refractivity contribution is 0.576. The van der Waals surface area contributed by atoms with E-state index in [-0.39, 0.29) is 5.02 Å². The summed E-state index contributed by atoms with van der Waals surface area (Å²) in [6.45, 7) is 1.13. The summed E-state index contributed by atoms with van der Waals surface area (Å²) < 4.78 is 14.8. The van der Waals surface area contributed by atoms with Crippen LogP contribution in [0, 0.1) is 5.82 Å². The van der Waals surface area contributed by atoms with Gasteiger partial charge < -0.3 is 5.32 Å². The molecule has 1 heterocycles. The molecule has 0 saturated heterocycles. The van der Waals surface area contributed by atoms with Crippen LogP contribution in [0.1, 0.15) is 24.2 Å². The van der Waals surface area contributed by atoms with Gasteiger partial charge in [0.1, 0.15) is 5.82 Å². The normalized spacial score (nSPS) is 14.8. The number of tetrazole rings is 1. The highest BCUT2D eigenvalue weighted by Crippen LogP contribution is 2.19. The number of rotatable bonds is 5. The Hall–Kier alpha value is -1.53. The lowest BCUT2D eigenvalue weighted by atomic mass is 10.2. The summed E-state index contributed by atoms with van der Waals surface area (Å²) in [5, 5.41) is 15.1. The van der Waals surface area contributed by atoms with Crippen LogP contribution in [0.5, 0.6) is 0 Å². The zero-order valence-corrected chi connectivity index (χ0v) is 10.9. The average Bonchev–Trinajstić information content (AvgIpc) is 3.12. The predicted octanol–water partition coefficient (Wildman–Crippen LogP) is 1.77. The first-order chi connectivity index (χ1) is 9.22. The van der Waals surface area contributed by atoms with E-state index in [1.165, 1.54) is 18.9 Å². The summed E-state index contributed by atoms with van der Waals surface area (Å²) >= 11 is 5.76. The number of nitrogens with one attached hydrogen (secondary N) is 1. The van der Waals surface area contributed by atoms with Crippen molar-refractivity contribution in [2.45, 2.75) is 32.0 Å². The molecule has 0 radical (unpaired) electrons. The number of hydrogen-bond acceptors (Lipinski definition) is 4. The van der Waals surface area contributed by atoms with Crippen molar-refractivity contribution in [2.75, 3.05) is 0 Å². The Bertz CT molecular complexity index is 581. The molecule has 19 heavy (non-hydrogen) atoms. The van der Waals surface area contributed by atoms with E-state index in [9.17, 15) is 4.39 Å². The van der Waals surface area contributed by atoms with Crippen LogP contribution in [-0.4, -0.2) is 26.2 Å². The molecule has 5 nitrogen and oxygen atoms in total. The van der Waals surface area contributed by atoms with Gasteiger partial charge >= 0.3 is 0 Å². The number of aromatic nitrogens is 4. The minimum Gasteiger partial charge on any atom is -0.307 e. The third kappa shape index (κ3) is 3.08. The van der Waals surface area contributed by atoms with Crippen LogP contribution in [-0.2, 0) is 13.1 Å². The van der Waals surface area contributed by atoms with Crippen LogP contribution < -0.4 is 5.32 Å². The second kappa shape index (κ2) is 5.22. The van der Waals surface area contributed by atoms with Crippen LogP contribution >= 0.6 is 11.6 Å². The molecule has 1 fully saturated rings. The summed E-state index contributed by atoms with van der Waals surface area (Å²) in [7, 11) is 0. The summed E-state index contributed by atoms with van der Waals surface area (Å²) in [6.07, 6.45) is 2.43. The van der Waals surface area contributed by atoms with Crippen molar-refractivity contribution in [2.24, 2.45) is 0 Å². The molecule has 1 aliphatic carbocycles. The van der Waals surface area contributed by atoms with Gasteiger partial charge in [0.25, 0.3) is 0 Å². The second-order valence-electron chi connectivity index (χ2n) is 4.66. The Morgan fingerprint density at radius 1 is 1.42 bits per heavy atom. The summed E-state index contributed by atoms with van der Waals surface area (Å²) in [6, 6.07) is 5.23. The van der Waals surface area contributed by atoms with E-state index in [0.29, 0.717) is 19.1 Å². The minimum atomic E-state index is -0.419. The molecular weight excluding hydrogens is 269 g/mol. The zero-order valence-electron chi connectivity index (χ0n) is 10.2. The molecule has 0 unspecified atom stereocenters. The van der Waals surface area contributed by atoms with Gasteiger partial charge in [-0.2, -0.15) is 0 Å². The molecule has 0 spiro atoms. The molecule has 1 aromatic heterocycles. The lowest BCUT2D eigenvalue weighted by Gasteiger charge is -2.06. The van der Waals surface area contributed by atoms with Gasteiger partial charge in [-0.3, -0.25) is 0 Å². The number of hydrogen-bond donors (Lipinski definition) is 1. The standard InChI is InChI=1S/C12H13ClFN5/c13-10-5-8(1-4-11(10)14)7-19-12(16-17-18-19)6-15-9-2-3-9/h1,4-5,9,15H,2-3,6-7H2. The van der Waals surface area contributed by atoms with E-state index >= 15 is 0 Å². The summed E-state index contributed by atoms with van der Waals surface area (Å²) in [4.78, 5) is 0. The SMILES string of the molecule is Fc1ccc(Cn2nnnc2CNC2CC2)cc1Cl. The fourth-order valence-corrected chi connectivity index (χ4v) is 2.01. The lowest BCUT2D eigenvalue weighted by Crippen LogP contribution is -2.19. The Kier molecular flexibility index (Phi) is 3.44. The van der Waals surface area contributed by atoms with E-state index < -0.39 is 5.82 Å². The molecule has 7 heteroatoms. The molecule has 3 rings (SSSR count). The highest BCUT2D eigenvalue weighted by Gasteiger charge is 2.21. The minimum absolute atomic E-state index is 0.114. The van der Waals surface area contributed by atoms with Crippen molar-refractivity contribution < 1.29 is 4.39 Å². The van der Waals surface area contributed by atoms with Gasteiger partial charge in [0.15, 0.2) is 5.82 Å². The maximum Gasteiger partial charge on any atom is 0.165 e. The monoisotopic (exact) mass is 281 g/mol. The molecule has 2 aromatic rings. The smallest absolute Gasteiger partial charge is 0.165 e. The van der Waals surface area contributed by atoms with E-state index in [2.05, 4.69) is 20.8 Å². The fraction of sp³-hybridized carbons (Fsp3) is 0.417. The molecule has 0 atom stereocenters. The van der Waals surface area contributed by atoms with Crippen molar-refractivity contribution in [1.82, 2.24) is 25.5 Å². The number of halogens is 2. The summed E-state index contributed by atoms with van der Waals surface area (Å²) in [5.41, 5.74) is 0.867. The summed E-state index contributed by atoms with van der Waals surface area (Å²) in [5.74, 6) is 0.352. The predicted molar refractivity (Wildman–Crippen MR) is 68.2 cm³/mol. The Morgan fingerprint density at radius 3 is 3.00 bits per heavy atom.